The van der Waals surface area contributed by atoms with Crippen LogP contribution in [0.2, 0.25) is 0 Å². The van der Waals surface area contributed by atoms with E-state index in [-0.39, 0.29) is 22.7 Å². The molecule has 27 heavy (non-hydrogen) atoms. The number of amides is 2. The van der Waals surface area contributed by atoms with Crippen LogP contribution >= 0.6 is 0 Å². The van der Waals surface area contributed by atoms with Gasteiger partial charge in [-0.15, -0.1) is 4.36 Å². The molecule has 3 aliphatic rings. The van der Waals surface area contributed by atoms with Gasteiger partial charge in [0.05, 0.1) is 12.7 Å². The van der Waals surface area contributed by atoms with Crippen molar-refractivity contribution in [3.05, 3.63) is 34.3 Å². The molecule has 0 spiro atoms. The van der Waals surface area contributed by atoms with Gasteiger partial charge in [0.25, 0.3) is 0 Å². The molecule has 2 atom stereocenters. The van der Waals surface area contributed by atoms with Crippen LogP contribution in [0, 0.1) is 5.82 Å². The molecule has 1 unspecified atom stereocenters. The predicted molar refractivity (Wildman–Crippen MR) is 95.6 cm³/mol. The van der Waals surface area contributed by atoms with Crippen LogP contribution in [0.3, 0.4) is 0 Å². The van der Waals surface area contributed by atoms with E-state index in [9.17, 15) is 13.4 Å². The Morgan fingerprint density at radius 2 is 1.96 bits per heavy atom. The summed E-state index contributed by atoms with van der Waals surface area (Å²) >= 11 is 0. The fourth-order valence-corrected chi connectivity index (χ4v) is 4.87. The Kier molecular flexibility index (Phi) is 3.41. The van der Waals surface area contributed by atoms with Gasteiger partial charge in [-0.05, 0) is 54.9 Å². The summed E-state index contributed by atoms with van der Waals surface area (Å²) in [4.78, 5) is 12.5. The van der Waals surface area contributed by atoms with E-state index in [1.54, 1.807) is 4.68 Å². The molecule has 2 amide bonds. The van der Waals surface area contributed by atoms with Gasteiger partial charge in [-0.3, -0.25) is 0 Å². The highest BCUT2D eigenvalue weighted by molar-refractivity contribution is 7.91. The molecule has 1 aromatic heterocycles. The number of benzene rings is 1. The van der Waals surface area contributed by atoms with Crippen molar-refractivity contribution in [3.8, 4) is 5.88 Å². The Hall–Kier alpha value is -2.46. The lowest BCUT2D eigenvalue weighted by molar-refractivity contribution is 0.248. The number of carbonyl (C=O) groups is 1. The van der Waals surface area contributed by atoms with Gasteiger partial charge in [0, 0.05) is 5.69 Å². The number of nitrogens with one attached hydrogen (secondary N) is 1. The largest absolute Gasteiger partial charge is 0.472 e. The molecule has 0 bridgehead atoms. The Bertz CT molecular complexity index is 1100. The molecule has 5 rings (SSSR count). The molecule has 2 aromatic rings. The first-order chi connectivity index (χ1) is 12.8. The van der Waals surface area contributed by atoms with Gasteiger partial charge < -0.3 is 10.1 Å². The molecule has 0 saturated carbocycles. The van der Waals surface area contributed by atoms with Crippen LogP contribution in [0.4, 0.5) is 14.9 Å². The number of anilines is 1. The van der Waals surface area contributed by atoms with Crippen LogP contribution in [0.25, 0.3) is 0 Å². The summed E-state index contributed by atoms with van der Waals surface area (Å²) in [6.45, 7) is 2.37. The maximum Gasteiger partial charge on any atom is 0.354 e. The number of ether oxygens (including phenoxy) is 1. The third kappa shape index (κ3) is 2.39. The second-order valence-corrected chi connectivity index (χ2v) is 8.88. The first kappa shape index (κ1) is 16.7. The fourth-order valence-electron chi connectivity index (χ4n) is 3.88. The van der Waals surface area contributed by atoms with Crippen LogP contribution in [-0.2, 0) is 42.1 Å². The molecule has 2 aliphatic carbocycles. The fraction of sp³-hybridized carbons (Fsp3) is 0.412. The highest BCUT2D eigenvalue weighted by Crippen LogP contribution is 2.43. The first-order valence-corrected chi connectivity index (χ1v) is 10.4. The lowest BCUT2D eigenvalue weighted by atomic mass is 9.76. The molecular formula is C17H18FN5O3S. The van der Waals surface area contributed by atoms with Gasteiger partial charge in [-0.1, -0.05) is 0 Å². The summed E-state index contributed by atoms with van der Waals surface area (Å²) in [5.74, 6) is 0.137. The molecule has 10 heteroatoms. The summed E-state index contributed by atoms with van der Waals surface area (Å²) < 4.78 is 37.9. The monoisotopic (exact) mass is 391 g/mol. The zero-order valence-corrected chi connectivity index (χ0v) is 15.4. The third-order valence-electron chi connectivity index (χ3n) is 5.38. The molecule has 1 aromatic carbocycles. The maximum absolute atomic E-state index is 14.3. The molecule has 0 radical (unpaired) electrons. The molecule has 2 heterocycles. The lowest BCUT2D eigenvalue weighted by Gasteiger charge is -2.32. The standard InChI is InChI=1S/C17H18FN5O3S/c1-8-7-23-16(26-8)13(6-20-23)27(19,25)22-17(24)21-15-11-4-2-9(11)14(18)10-3-5-12(10)15/h6,8H,2-5,7H2,1H3,(H3,19,21,22,24,25)/t8-,27?/m0/s1. The van der Waals surface area contributed by atoms with Gasteiger partial charge >= 0.3 is 6.03 Å². The van der Waals surface area contributed by atoms with Crippen molar-refractivity contribution in [2.45, 2.75) is 50.2 Å². The van der Waals surface area contributed by atoms with E-state index in [4.69, 9.17) is 9.88 Å². The number of aromatic nitrogens is 2. The van der Waals surface area contributed by atoms with Crippen molar-refractivity contribution < 1.29 is 18.1 Å². The summed E-state index contributed by atoms with van der Waals surface area (Å²) in [6.07, 6.45) is 3.94. The number of rotatable bonds is 2. The van der Waals surface area contributed by atoms with Crippen molar-refractivity contribution in [1.29, 1.82) is 0 Å². The summed E-state index contributed by atoms with van der Waals surface area (Å²) in [6, 6.07) is -0.816. The first-order valence-electron chi connectivity index (χ1n) is 8.78. The van der Waals surface area contributed by atoms with E-state index < -0.39 is 15.9 Å². The second kappa shape index (κ2) is 5.52. The van der Waals surface area contributed by atoms with E-state index in [1.165, 1.54) is 6.20 Å². The number of halogens is 1. The average Bonchev–Trinajstić information content (AvgIpc) is 3.01. The number of nitrogens with two attached hydrogens (primary N) is 1. The minimum Gasteiger partial charge on any atom is -0.472 e. The number of hydrogen-bond acceptors (Lipinski definition) is 4. The normalized spacial score (nSPS) is 20.9. The van der Waals surface area contributed by atoms with Crippen molar-refractivity contribution in [3.63, 3.8) is 0 Å². The SMILES string of the molecule is C[C@H]1Cn2ncc(S(N)(=O)=NC(=O)Nc3c4c(c(F)c5c3CC5)CC4)c2O1. The van der Waals surface area contributed by atoms with Crippen LogP contribution in [0.5, 0.6) is 5.88 Å². The smallest absolute Gasteiger partial charge is 0.354 e. The topological polar surface area (TPSA) is 112 Å². The van der Waals surface area contributed by atoms with Gasteiger partial charge in [0.1, 0.15) is 16.8 Å². The molecular weight excluding hydrogens is 373 g/mol. The van der Waals surface area contributed by atoms with Crippen LogP contribution in [0.1, 0.15) is 29.2 Å². The van der Waals surface area contributed by atoms with Crippen molar-refractivity contribution >= 4 is 21.6 Å². The minimum absolute atomic E-state index is 0.0992. The zero-order valence-electron chi connectivity index (χ0n) is 14.6. The van der Waals surface area contributed by atoms with E-state index in [0.29, 0.717) is 49.0 Å². The van der Waals surface area contributed by atoms with Gasteiger partial charge in [-0.2, -0.15) is 5.10 Å². The van der Waals surface area contributed by atoms with Crippen LogP contribution < -0.4 is 15.2 Å². The van der Waals surface area contributed by atoms with Gasteiger partial charge in [-0.25, -0.2) is 23.2 Å². The highest BCUT2D eigenvalue weighted by atomic mass is 32.2. The maximum atomic E-state index is 14.3. The number of hydrogen-bond donors (Lipinski definition) is 2. The van der Waals surface area contributed by atoms with E-state index in [0.717, 1.165) is 11.1 Å². The van der Waals surface area contributed by atoms with E-state index in [1.807, 2.05) is 6.92 Å². The molecule has 3 N–H and O–H groups in total. The lowest BCUT2D eigenvalue weighted by Crippen LogP contribution is -2.26. The molecule has 0 saturated heterocycles. The number of carbonyl (C=O) groups excluding carboxylic acids is 1. The third-order valence-corrected chi connectivity index (χ3v) is 6.73. The zero-order chi connectivity index (χ0) is 18.9. The number of nitrogens with zero attached hydrogens (tertiary/aromatic N) is 3. The number of urea groups is 1. The molecule has 0 fully saturated rings. The minimum atomic E-state index is -3.52. The van der Waals surface area contributed by atoms with Gasteiger partial charge in [0.15, 0.2) is 9.92 Å². The predicted octanol–water partition coefficient (Wildman–Crippen LogP) is 1.93. The summed E-state index contributed by atoms with van der Waals surface area (Å²) in [5.41, 5.74) is 3.54. The van der Waals surface area contributed by atoms with Crippen molar-refractivity contribution in [2.75, 3.05) is 5.32 Å². The molecule has 1 aliphatic heterocycles. The van der Waals surface area contributed by atoms with Crippen LogP contribution in [0.15, 0.2) is 15.5 Å². The van der Waals surface area contributed by atoms with Crippen molar-refractivity contribution in [2.24, 2.45) is 9.50 Å². The quantitative estimate of drug-likeness (QED) is 0.815. The van der Waals surface area contributed by atoms with Gasteiger partial charge in [0.2, 0.25) is 5.88 Å². The summed E-state index contributed by atoms with van der Waals surface area (Å²) in [5, 5.41) is 12.6. The highest BCUT2D eigenvalue weighted by Gasteiger charge is 2.33. The van der Waals surface area contributed by atoms with E-state index in [2.05, 4.69) is 14.8 Å². The Morgan fingerprint density at radius 1 is 1.33 bits per heavy atom. The molecule has 142 valence electrons. The second-order valence-electron chi connectivity index (χ2n) is 7.12. The summed E-state index contributed by atoms with van der Waals surface area (Å²) in [7, 11) is -3.52. The Labute approximate surface area is 155 Å². The average molecular weight is 391 g/mol. The number of fused-ring (bicyclic) bond motifs is 3. The molecule has 8 nitrogen and oxygen atoms in total. The van der Waals surface area contributed by atoms with E-state index >= 15 is 0 Å². The van der Waals surface area contributed by atoms with Crippen molar-refractivity contribution in [1.82, 2.24) is 9.78 Å². The van der Waals surface area contributed by atoms with Crippen LogP contribution in [-0.4, -0.2) is 26.1 Å². The Balaban J connectivity index is 1.47. The Morgan fingerprint density at radius 3 is 2.56 bits per heavy atom.